The van der Waals surface area contributed by atoms with Crippen molar-refractivity contribution in [1.29, 1.82) is 0 Å². The molecule has 0 radical (unpaired) electrons. The zero-order valence-corrected chi connectivity index (χ0v) is 17.9. The highest BCUT2D eigenvalue weighted by Gasteiger charge is 2.48. The lowest BCUT2D eigenvalue weighted by Gasteiger charge is -2.35. The van der Waals surface area contributed by atoms with Gasteiger partial charge in [0.15, 0.2) is 11.6 Å². The van der Waals surface area contributed by atoms with E-state index in [-0.39, 0.29) is 18.1 Å². The third kappa shape index (κ3) is 4.10. The van der Waals surface area contributed by atoms with E-state index in [0.717, 1.165) is 37.7 Å². The lowest BCUT2D eigenvalue weighted by Crippen LogP contribution is -2.38. The molecule has 1 atom stereocenters. The Balaban J connectivity index is 1.57. The van der Waals surface area contributed by atoms with Crippen LogP contribution in [-0.4, -0.2) is 6.11 Å². The van der Waals surface area contributed by atoms with Crippen LogP contribution in [0.3, 0.4) is 0 Å². The minimum absolute atomic E-state index is 0.0776. The molecule has 0 N–H and O–H groups in total. The van der Waals surface area contributed by atoms with Crippen LogP contribution >= 0.6 is 0 Å². The largest absolute Gasteiger partial charge is 0.429 e. The maximum Gasteiger partial charge on any atom is 0.405 e. The molecule has 1 heterocycles. The summed E-state index contributed by atoms with van der Waals surface area (Å²) in [6, 6.07) is 10.8. The molecule has 1 aliphatic carbocycles. The van der Waals surface area contributed by atoms with Gasteiger partial charge >= 0.3 is 6.11 Å². The Labute approximate surface area is 177 Å². The van der Waals surface area contributed by atoms with Crippen molar-refractivity contribution in [2.45, 2.75) is 83.2 Å². The number of hydrogen-bond donors (Lipinski definition) is 0. The van der Waals surface area contributed by atoms with Crippen LogP contribution in [0.4, 0.5) is 13.2 Å². The summed E-state index contributed by atoms with van der Waals surface area (Å²) in [7, 11) is 0. The predicted octanol–water partition coefficient (Wildman–Crippen LogP) is 7.77. The number of alkyl halides is 2. The van der Waals surface area contributed by atoms with E-state index in [4.69, 9.17) is 4.74 Å². The summed E-state index contributed by atoms with van der Waals surface area (Å²) in [6.07, 6.45) is 3.90. The monoisotopic (exact) mass is 416 g/mol. The van der Waals surface area contributed by atoms with Gasteiger partial charge < -0.3 is 4.74 Å². The van der Waals surface area contributed by atoms with E-state index >= 15 is 4.39 Å². The fourth-order valence-electron chi connectivity index (χ4n) is 5.21. The normalized spacial score (nSPS) is 25.4. The standard InChI is InChI=1S/C26H31F3O/c1-3-5-18-8-10-19(11-9-18)22-15-14-21-16-23(20-12-6-17(4-2)7-13-20)26(28,29)30-25(21)24(22)27/h6-7,12-15,18-19,23H,3-5,8-11,16H2,1-2H3. The maximum absolute atomic E-state index is 15.3. The topological polar surface area (TPSA) is 9.23 Å². The molecule has 2 aliphatic rings. The zero-order valence-electron chi connectivity index (χ0n) is 17.9. The van der Waals surface area contributed by atoms with Crippen molar-refractivity contribution >= 4 is 0 Å². The fourth-order valence-corrected chi connectivity index (χ4v) is 5.21. The van der Waals surface area contributed by atoms with Crippen molar-refractivity contribution in [2.24, 2.45) is 5.92 Å². The summed E-state index contributed by atoms with van der Waals surface area (Å²) in [6.45, 7) is 4.22. The molecule has 1 aliphatic heterocycles. The van der Waals surface area contributed by atoms with Crippen LogP contribution in [-0.2, 0) is 12.8 Å². The molecule has 1 unspecified atom stereocenters. The molecule has 0 saturated heterocycles. The first-order chi connectivity index (χ1) is 14.4. The third-order valence-electron chi connectivity index (χ3n) is 7.05. The molecular weight excluding hydrogens is 385 g/mol. The van der Waals surface area contributed by atoms with Crippen molar-refractivity contribution < 1.29 is 17.9 Å². The van der Waals surface area contributed by atoms with Gasteiger partial charge in [0.1, 0.15) is 0 Å². The Morgan fingerprint density at radius 1 is 0.967 bits per heavy atom. The van der Waals surface area contributed by atoms with E-state index in [9.17, 15) is 8.78 Å². The van der Waals surface area contributed by atoms with Crippen molar-refractivity contribution in [2.75, 3.05) is 0 Å². The molecular formula is C26H31F3O. The first-order valence-corrected chi connectivity index (χ1v) is 11.4. The summed E-state index contributed by atoms with van der Waals surface area (Å²) in [5.74, 6) is -1.11. The summed E-state index contributed by atoms with van der Waals surface area (Å²) >= 11 is 0. The summed E-state index contributed by atoms with van der Waals surface area (Å²) in [5, 5.41) is 0. The van der Waals surface area contributed by atoms with Gasteiger partial charge in [-0.2, -0.15) is 8.78 Å². The predicted molar refractivity (Wildman–Crippen MR) is 114 cm³/mol. The Hall–Kier alpha value is -1.97. The van der Waals surface area contributed by atoms with Crippen LogP contribution in [0.25, 0.3) is 0 Å². The van der Waals surface area contributed by atoms with E-state index in [0.29, 0.717) is 22.6 Å². The number of fused-ring (bicyclic) bond motifs is 1. The van der Waals surface area contributed by atoms with Crippen LogP contribution < -0.4 is 4.74 Å². The first-order valence-electron chi connectivity index (χ1n) is 11.4. The van der Waals surface area contributed by atoms with Crippen molar-refractivity contribution in [3.63, 3.8) is 0 Å². The highest BCUT2D eigenvalue weighted by molar-refractivity contribution is 5.45. The Morgan fingerprint density at radius 2 is 1.67 bits per heavy atom. The van der Waals surface area contributed by atoms with Crippen molar-refractivity contribution in [1.82, 2.24) is 0 Å². The van der Waals surface area contributed by atoms with Crippen LogP contribution in [0, 0.1) is 11.7 Å². The maximum atomic E-state index is 15.3. The minimum Gasteiger partial charge on any atom is -0.429 e. The van der Waals surface area contributed by atoms with Crippen molar-refractivity contribution in [3.05, 3.63) is 64.5 Å². The fraction of sp³-hybridized carbons (Fsp3) is 0.538. The highest BCUT2D eigenvalue weighted by Crippen LogP contribution is 2.48. The van der Waals surface area contributed by atoms with Crippen LogP contribution in [0.5, 0.6) is 5.75 Å². The van der Waals surface area contributed by atoms with Crippen molar-refractivity contribution in [3.8, 4) is 5.75 Å². The van der Waals surface area contributed by atoms with Gasteiger partial charge in [-0.05, 0) is 72.6 Å². The molecule has 2 aromatic rings. The number of halogens is 3. The molecule has 0 bridgehead atoms. The molecule has 1 saturated carbocycles. The Bertz CT molecular complexity index is 867. The summed E-state index contributed by atoms with van der Waals surface area (Å²) in [5.41, 5.74) is 2.71. The molecule has 162 valence electrons. The number of ether oxygens (including phenoxy) is 1. The van der Waals surface area contributed by atoms with Gasteiger partial charge in [0.05, 0.1) is 5.92 Å². The molecule has 1 nitrogen and oxygen atoms in total. The number of hydrogen-bond acceptors (Lipinski definition) is 1. The lowest BCUT2D eigenvalue weighted by molar-refractivity contribution is -0.203. The van der Waals surface area contributed by atoms with Gasteiger partial charge in [-0.25, -0.2) is 4.39 Å². The van der Waals surface area contributed by atoms with Gasteiger partial charge in [-0.1, -0.05) is 63.1 Å². The number of benzene rings is 2. The minimum atomic E-state index is -3.43. The average Bonchev–Trinajstić information content (AvgIpc) is 2.75. The van der Waals surface area contributed by atoms with Crippen LogP contribution in [0.15, 0.2) is 36.4 Å². The van der Waals surface area contributed by atoms with Gasteiger partial charge in [-0.15, -0.1) is 0 Å². The SMILES string of the molecule is CCCC1CCC(c2ccc3c(c2F)OC(F)(F)C(c2ccc(CC)cc2)C3)CC1. The molecule has 1 fully saturated rings. The molecule has 4 rings (SSSR count). The Morgan fingerprint density at radius 3 is 2.30 bits per heavy atom. The first kappa shape index (κ1) is 21.3. The van der Waals surface area contributed by atoms with Crippen LogP contribution in [0.2, 0.25) is 0 Å². The molecule has 2 aromatic carbocycles. The average molecular weight is 417 g/mol. The van der Waals surface area contributed by atoms with E-state index < -0.39 is 17.8 Å². The molecule has 0 amide bonds. The van der Waals surface area contributed by atoms with E-state index in [1.54, 1.807) is 18.2 Å². The number of rotatable bonds is 5. The van der Waals surface area contributed by atoms with E-state index in [2.05, 4.69) is 6.92 Å². The molecule has 0 spiro atoms. The summed E-state index contributed by atoms with van der Waals surface area (Å²) in [4.78, 5) is 0. The summed E-state index contributed by atoms with van der Waals surface area (Å²) < 4.78 is 50.2. The second-order valence-electron chi connectivity index (χ2n) is 8.98. The number of aryl methyl sites for hydroxylation is 1. The van der Waals surface area contributed by atoms with Gasteiger partial charge in [0.25, 0.3) is 0 Å². The highest BCUT2D eigenvalue weighted by atomic mass is 19.3. The second kappa shape index (κ2) is 8.64. The Kier molecular flexibility index (Phi) is 6.13. The van der Waals surface area contributed by atoms with Gasteiger partial charge in [0, 0.05) is 0 Å². The quantitative estimate of drug-likeness (QED) is 0.484. The van der Waals surface area contributed by atoms with Gasteiger partial charge in [-0.3, -0.25) is 0 Å². The smallest absolute Gasteiger partial charge is 0.405 e. The molecule has 4 heteroatoms. The third-order valence-corrected chi connectivity index (χ3v) is 7.05. The zero-order chi connectivity index (χ0) is 21.3. The second-order valence-corrected chi connectivity index (χ2v) is 8.98. The molecule has 30 heavy (non-hydrogen) atoms. The van der Waals surface area contributed by atoms with E-state index in [1.807, 2.05) is 25.1 Å². The molecule has 0 aromatic heterocycles. The van der Waals surface area contributed by atoms with Gasteiger partial charge in [0.2, 0.25) is 0 Å². The van der Waals surface area contributed by atoms with E-state index in [1.165, 1.54) is 12.8 Å². The van der Waals surface area contributed by atoms with Crippen LogP contribution in [0.1, 0.15) is 86.5 Å². The lowest BCUT2D eigenvalue weighted by atomic mass is 9.76.